The van der Waals surface area contributed by atoms with E-state index < -0.39 is 12.7 Å². The van der Waals surface area contributed by atoms with E-state index in [1.165, 1.54) is 4.90 Å². The minimum atomic E-state index is -4.14. The molecule has 0 amide bonds. The second-order valence-corrected chi connectivity index (χ2v) is 5.68. The highest BCUT2D eigenvalue weighted by molar-refractivity contribution is 5.22. The van der Waals surface area contributed by atoms with Crippen LogP contribution in [0.25, 0.3) is 0 Å². The molecule has 0 saturated carbocycles. The second-order valence-electron chi connectivity index (χ2n) is 5.68. The normalized spacial score (nSPS) is 12.4. The van der Waals surface area contributed by atoms with Crippen molar-refractivity contribution in [1.82, 2.24) is 10.2 Å². The molecule has 1 N–H and O–H groups in total. The molecule has 1 rings (SSSR count). The highest BCUT2D eigenvalue weighted by atomic mass is 19.4. The van der Waals surface area contributed by atoms with Gasteiger partial charge >= 0.3 is 6.18 Å². The Hall–Kier alpha value is -1.07. The summed E-state index contributed by atoms with van der Waals surface area (Å²) in [6, 6.07) is 8.19. The van der Waals surface area contributed by atoms with Crippen LogP contribution in [0.1, 0.15) is 38.3 Å². The predicted octanol–water partition coefficient (Wildman–Crippen LogP) is 3.96. The lowest BCUT2D eigenvalue weighted by Gasteiger charge is -2.23. The van der Waals surface area contributed by atoms with Crippen molar-refractivity contribution in [2.75, 3.05) is 13.1 Å². The van der Waals surface area contributed by atoms with Crippen LogP contribution >= 0.6 is 0 Å². The molecule has 21 heavy (non-hydrogen) atoms. The number of rotatable bonds is 8. The molecule has 120 valence electrons. The summed E-state index contributed by atoms with van der Waals surface area (Å²) in [5.41, 5.74) is 2.06. The Balaban J connectivity index is 2.59. The number of nitrogens with zero attached hydrogens (tertiary/aromatic N) is 1. The zero-order valence-corrected chi connectivity index (χ0v) is 13.0. The van der Waals surface area contributed by atoms with E-state index in [2.05, 4.69) is 19.2 Å². The lowest BCUT2D eigenvalue weighted by molar-refractivity contribution is -0.147. The van der Waals surface area contributed by atoms with Crippen LogP contribution in [0.2, 0.25) is 0 Å². The van der Waals surface area contributed by atoms with Gasteiger partial charge in [-0.05, 0) is 24.1 Å². The van der Waals surface area contributed by atoms with Gasteiger partial charge in [0.05, 0.1) is 6.54 Å². The molecule has 0 fully saturated rings. The number of halogens is 3. The predicted molar refractivity (Wildman–Crippen MR) is 80.0 cm³/mol. The zero-order valence-electron chi connectivity index (χ0n) is 13.0. The lowest BCUT2D eigenvalue weighted by Crippen LogP contribution is -2.34. The summed E-state index contributed by atoms with van der Waals surface area (Å²) in [6.07, 6.45) is -3.43. The summed E-state index contributed by atoms with van der Waals surface area (Å²) in [5.74, 6) is 0. The molecule has 0 bridgehead atoms. The van der Waals surface area contributed by atoms with Gasteiger partial charge in [0.25, 0.3) is 0 Å². The van der Waals surface area contributed by atoms with E-state index in [0.29, 0.717) is 25.6 Å². The Labute approximate surface area is 125 Å². The molecule has 0 atom stereocenters. The van der Waals surface area contributed by atoms with Gasteiger partial charge in [-0.25, -0.2) is 0 Å². The maximum Gasteiger partial charge on any atom is 0.401 e. The average molecular weight is 302 g/mol. The van der Waals surface area contributed by atoms with Gasteiger partial charge < -0.3 is 5.32 Å². The molecular weight excluding hydrogens is 277 g/mol. The Morgan fingerprint density at radius 3 is 2.14 bits per heavy atom. The molecule has 0 saturated heterocycles. The van der Waals surface area contributed by atoms with Crippen molar-refractivity contribution >= 4 is 0 Å². The molecule has 0 heterocycles. The molecule has 0 aliphatic carbocycles. The minimum Gasteiger partial charge on any atom is -0.310 e. The number of hydrogen-bond donors (Lipinski definition) is 1. The number of alkyl halides is 3. The Morgan fingerprint density at radius 2 is 1.67 bits per heavy atom. The van der Waals surface area contributed by atoms with Crippen LogP contribution in [-0.4, -0.2) is 30.2 Å². The van der Waals surface area contributed by atoms with Gasteiger partial charge in [-0.15, -0.1) is 0 Å². The van der Waals surface area contributed by atoms with Gasteiger partial charge in [0.15, 0.2) is 0 Å². The van der Waals surface area contributed by atoms with Gasteiger partial charge in [-0.2, -0.15) is 13.2 Å². The first-order chi connectivity index (χ1) is 9.80. The van der Waals surface area contributed by atoms with Crippen LogP contribution < -0.4 is 5.32 Å². The van der Waals surface area contributed by atoms with Crippen LogP contribution in [0.15, 0.2) is 24.3 Å². The molecule has 0 spiro atoms. The lowest BCUT2D eigenvalue weighted by atomic mass is 10.1. The first kappa shape index (κ1) is 18.0. The van der Waals surface area contributed by atoms with E-state index in [1.54, 1.807) is 0 Å². The zero-order chi connectivity index (χ0) is 15.9. The summed E-state index contributed by atoms with van der Waals surface area (Å²) in [6.45, 7) is 6.77. The van der Waals surface area contributed by atoms with Crippen LogP contribution in [0.5, 0.6) is 0 Å². The highest BCUT2D eigenvalue weighted by Gasteiger charge is 2.30. The smallest absolute Gasteiger partial charge is 0.310 e. The summed E-state index contributed by atoms with van der Waals surface area (Å²) in [5, 5.41) is 3.31. The Morgan fingerprint density at radius 1 is 1.10 bits per heavy atom. The monoisotopic (exact) mass is 302 g/mol. The number of benzene rings is 1. The topological polar surface area (TPSA) is 15.3 Å². The molecule has 1 aromatic carbocycles. The minimum absolute atomic E-state index is 0.339. The molecule has 0 radical (unpaired) electrons. The first-order valence-electron chi connectivity index (χ1n) is 7.40. The summed E-state index contributed by atoms with van der Waals surface area (Å²) >= 11 is 0. The van der Waals surface area contributed by atoms with Crippen molar-refractivity contribution in [3.05, 3.63) is 35.4 Å². The maximum atomic E-state index is 12.5. The van der Waals surface area contributed by atoms with E-state index in [0.717, 1.165) is 17.7 Å². The van der Waals surface area contributed by atoms with Crippen molar-refractivity contribution in [3.63, 3.8) is 0 Å². The van der Waals surface area contributed by atoms with Crippen molar-refractivity contribution in [1.29, 1.82) is 0 Å². The summed E-state index contributed by atoms with van der Waals surface area (Å²) in [4.78, 5) is 1.45. The average Bonchev–Trinajstić information content (AvgIpc) is 2.36. The second kappa shape index (κ2) is 8.39. The van der Waals surface area contributed by atoms with Crippen LogP contribution in [0, 0.1) is 0 Å². The van der Waals surface area contributed by atoms with Crippen LogP contribution in [0.3, 0.4) is 0 Å². The molecule has 1 aromatic rings. The third-order valence-electron chi connectivity index (χ3n) is 3.09. The van der Waals surface area contributed by atoms with E-state index in [-0.39, 0.29) is 0 Å². The summed E-state index contributed by atoms with van der Waals surface area (Å²) in [7, 11) is 0. The molecule has 0 unspecified atom stereocenters. The van der Waals surface area contributed by atoms with E-state index in [9.17, 15) is 13.2 Å². The Bertz CT molecular complexity index is 399. The van der Waals surface area contributed by atoms with Gasteiger partial charge in [-0.1, -0.05) is 45.0 Å². The first-order valence-corrected chi connectivity index (χ1v) is 7.40. The van der Waals surface area contributed by atoms with Crippen molar-refractivity contribution in [2.24, 2.45) is 0 Å². The fourth-order valence-corrected chi connectivity index (χ4v) is 2.13. The van der Waals surface area contributed by atoms with Crippen molar-refractivity contribution in [3.8, 4) is 0 Å². The Kier molecular flexibility index (Phi) is 7.18. The molecule has 0 aliphatic heterocycles. The molecular formula is C16H25F3N2. The molecule has 0 aliphatic rings. The fraction of sp³-hybridized carbons (Fsp3) is 0.625. The van der Waals surface area contributed by atoms with Gasteiger partial charge in [0, 0.05) is 19.1 Å². The SMILES string of the molecule is CCCN(Cc1ccc(CNC(C)C)cc1)CC(F)(F)F. The van der Waals surface area contributed by atoms with Gasteiger partial charge in [0.2, 0.25) is 0 Å². The largest absolute Gasteiger partial charge is 0.401 e. The fourth-order valence-electron chi connectivity index (χ4n) is 2.13. The number of hydrogen-bond acceptors (Lipinski definition) is 2. The van der Waals surface area contributed by atoms with Crippen molar-refractivity contribution < 1.29 is 13.2 Å². The van der Waals surface area contributed by atoms with Crippen LogP contribution in [0.4, 0.5) is 13.2 Å². The summed E-state index contributed by atoms with van der Waals surface area (Å²) < 4.78 is 37.6. The van der Waals surface area contributed by atoms with E-state index in [4.69, 9.17) is 0 Å². The number of nitrogens with one attached hydrogen (secondary N) is 1. The quantitative estimate of drug-likeness (QED) is 0.782. The van der Waals surface area contributed by atoms with E-state index in [1.807, 2.05) is 31.2 Å². The standard InChI is InChI=1S/C16H25F3N2/c1-4-9-21(12-16(17,18)19)11-15-7-5-14(6-8-15)10-20-13(2)3/h5-8,13,20H,4,9-12H2,1-3H3. The van der Waals surface area contributed by atoms with Gasteiger partial charge in [-0.3, -0.25) is 4.90 Å². The molecule has 0 aromatic heterocycles. The molecule has 2 nitrogen and oxygen atoms in total. The highest BCUT2D eigenvalue weighted by Crippen LogP contribution is 2.18. The van der Waals surface area contributed by atoms with Crippen LogP contribution in [-0.2, 0) is 13.1 Å². The maximum absolute atomic E-state index is 12.5. The van der Waals surface area contributed by atoms with Crippen molar-refractivity contribution in [2.45, 2.75) is 52.5 Å². The van der Waals surface area contributed by atoms with E-state index >= 15 is 0 Å². The third-order valence-corrected chi connectivity index (χ3v) is 3.09. The van der Waals surface area contributed by atoms with Gasteiger partial charge in [0.1, 0.15) is 0 Å². The third kappa shape index (κ3) is 8.07. The molecule has 5 heteroatoms.